The molecule has 0 spiro atoms. The molecule has 0 saturated heterocycles. The van der Waals surface area contributed by atoms with Crippen LogP contribution in [0.25, 0.3) is 10.8 Å². The average molecular weight is 315 g/mol. The minimum absolute atomic E-state index is 0.0521. The maximum Gasteiger partial charge on any atom is 0.344 e. The van der Waals surface area contributed by atoms with Gasteiger partial charge >= 0.3 is 5.97 Å². The Balaban J connectivity index is 0.000000235. The monoisotopic (exact) mass is 315 g/mol. The van der Waals surface area contributed by atoms with Crippen LogP contribution in [0.5, 0.6) is 0 Å². The molecule has 1 aromatic heterocycles. The summed E-state index contributed by atoms with van der Waals surface area (Å²) in [6, 6.07) is 10.2. The van der Waals surface area contributed by atoms with Gasteiger partial charge in [-0.15, -0.1) is 0 Å². The molecular weight excluding hydrogens is 294 g/mol. The first-order valence-electron chi connectivity index (χ1n) is 7.38. The molecular formula is C18H21NO4. The highest BCUT2D eigenvalue weighted by atomic mass is 16.5. The minimum atomic E-state index is -0.636. The number of fused-ring (bicyclic) bond motifs is 1. The number of ether oxygens (including phenoxy) is 2. The maximum absolute atomic E-state index is 11.1. The van der Waals surface area contributed by atoms with Crippen LogP contribution in [0.4, 0.5) is 0 Å². The lowest BCUT2D eigenvalue weighted by Crippen LogP contribution is -2.14. The summed E-state index contributed by atoms with van der Waals surface area (Å²) in [5.74, 6) is -0.990. The van der Waals surface area contributed by atoms with Crippen LogP contribution >= 0.6 is 0 Å². The lowest BCUT2D eigenvalue weighted by Gasteiger charge is -2.03. The van der Waals surface area contributed by atoms with E-state index in [9.17, 15) is 9.59 Å². The molecule has 23 heavy (non-hydrogen) atoms. The quantitative estimate of drug-likeness (QED) is 0.278. The fourth-order valence-electron chi connectivity index (χ4n) is 1.68. The highest BCUT2D eigenvalue weighted by Gasteiger charge is 2.15. The first-order chi connectivity index (χ1) is 11.1. The molecule has 5 heteroatoms. The third kappa shape index (κ3) is 6.30. The van der Waals surface area contributed by atoms with Crippen molar-refractivity contribution in [2.24, 2.45) is 0 Å². The van der Waals surface area contributed by atoms with Gasteiger partial charge in [-0.1, -0.05) is 24.3 Å². The van der Waals surface area contributed by atoms with Crippen LogP contribution in [0, 0.1) is 0 Å². The normalized spacial score (nSPS) is 10.5. The fourth-order valence-corrected chi connectivity index (χ4v) is 1.68. The van der Waals surface area contributed by atoms with Crippen LogP contribution in [0.2, 0.25) is 0 Å². The number of Topliss-reactive ketones (excluding diaryl/α,β-unsaturated/α-hetero) is 1. The van der Waals surface area contributed by atoms with Crippen LogP contribution in [-0.2, 0) is 19.1 Å². The highest BCUT2D eigenvalue weighted by Crippen LogP contribution is 2.09. The Morgan fingerprint density at radius 1 is 1.09 bits per heavy atom. The van der Waals surface area contributed by atoms with Crippen molar-refractivity contribution in [2.75, 3.05) is 13.2 Å². The second-order valence-electron chi connectivity index (χ2n) is 4.49. The van der Waals surface area contributed by atoms with E-state index in [1.807, 2.05) is 30.6 Å². The molecule has 0 atom stereocenters. The SMILES string of the molecule is CCOC=C(C(C)=O)C(=O)OCC.c1ccc2cnccc2c1. The number of rotatable bonds is 5. The van der Waals surface area contributed by atoms with E-state index < -0.39 is 5.97 Å². The minimum Gasteiger partial charge on any atom is -0.500 e. The second kappa shape index (κ2) is 10.1. The molecule has 1 heterocycles. The summed E-state index contributed by atoms with van der Waals surface area (Å²) in [5, 5.41) is 2.45. The van der Waals surface area contributed by atoms with Gasteiger partial charge in [0, 0.05) is 12.4 Å². The molecule has 0 bridgehead atoms. The highest BCUT2D eigenvalue weighted by molar-refractivity contribution is 6.16. The van der Waals surface area contributed by atoms with Gasteiger partial charge in [0.05, 0.1) is 13.2 Å². The van der Waals surface area contributed by atoms with Crippen molar-refractivity contribution < 1.29 is 19.1 Å². The van der Waals surface area contributed by atoms with Gasteiger partial charge < -0.3 is 9.47 Å². The second-order valence-corrected chi connectivity index (χ2v) is 4.49. The lowest BCUT2D eigenvalue weighted by molar-refractivity contribution is -0.140. The van der Waals surface area contributed by atoms with E-state index in [1.54, 1.807) is 13.8 Å². The summed E-state index contributed by atoms with van der Waals surface area (Å²) in [5.41, 5.74) is -0.0521. The van der Waals surface area contributed by atoms with E-state index in [0.717, 1.165) is 6.26 Å². The van der Waals surface area contributed by atoms with Gasteiger partial charge in [-0.2, -0.15) is 0 Å². The van der Waals surface area contributed by atoms with Crippen LogP contribution in [0.15, 0.2) is 54.6 Å². The van der Waals surface area contributed by atoms with Gasteiger partial charge in [0.1, 0.15) is 11.8 Å². The van der Waals surface area contributed by atoms with Gasteiger partial charge in [-0.25, -0.2) is 4.79 Å². The predicted molar refractivity (Wildman–Crippen MR) is 88.8 cm³/mol. The molecule has 5 nitrogen and oxygen atoms in total. The number of benzene rings is 1. The fraction of sp³-hybridized carbons (Fsp3) is 0.278. The van der Waals surface area contributed by atoms with Gasteiger partial charge in [0.15, 0.2) is 5.78 Å². The first kappa shape index (κ1) is 18.4. The maximum atomic E-state index is 11.1. The van der Waals surface area contributed by atoms with Crippen molar-refractivity contribution in [3.8, 4) is 0 Å². The van der Waals surface area contributed by atoms with Gasteiger partial charge in [0.2, 0.25) is 0 Å². The zero-order chi connectivity index (χ0) is 17.1. The third-order valence-electron chi connectivity index (χ3n) is 2.79. The first-order valence-corrected chi connectivity index (χ1v) is 7.38. The Labute approximate surface area is 135 Å². The van der Waals surface area contributed by atoms with Crippen LogP contribution in [0.3, 0.4) is 0 Å². The molecule has 0 saturated carbocycles. The van der Waals surface area contributed by atoms with Crippen molar-refractivity contribution >= 4 is 22.5 Å². The molecule has 0 amide bonds. The molecule has 1 aromatic carbocycles. The number of pyridine rings is 1. The summed E-state index contributed by atoms with van der Waals surface area (Å²) in [6.07, 6.45) is 4.82. The van der Waals surface area contributed by atoms with E-state index in [0.29, 0.717) is 6.61 Å². The van der Waals surface area contributed by atoms with Crippen molar-refractivity contribution in [2.45, 2.75) is 20.8 Å². The standard InChI is InChI=1S/C9H7N.C9H14O4/c1-2-4-9-7-10-6-5-8(9)3-1;1-4-12-6-8(7(3)10)9(11)13-5-2/h1-7H;6H,4-5H2,1-3H3. The molecule has 0 radical (unpaired) electrons. The number of hydrogen-bond acceptors (Lipinski definition) is 5. The van der Waals surface area contributed by atoms with Crippen molar-refractivity contribution in [3.05, 3.63) is 54.6 Å². The molecule has 0 aliphatic rings. The Hall–Kier alpha value is -2.69. The van der Waals surface area contributed by atoms with Crippen molar-refractivity contribution in [1.29, 1.82) is 0 Å². The zero-order valence-corrected chi connectivity index (χ0v) is 13.6. The Morgan fingerprint density at radius 2 is 1.78 bits per heavy atom. The van der Waals surface area contributed by atoms with E-state index in [2.05, 4.69) is 21.9 Å². The van der Waals surface area contributed by atoms with Crippen LogP contribution < -0.4 is 0 Å². The van der Waals surface area contributed by atoms with E-state index >= 15 is 0 Å². The predicted octanol–water partition coefficient (Wildman–Crippen LogP) is 3.29. The third-order valence-corrected chi connectivity index (χ3v) is 2.79. The molecule has 0 fully saturated rings. The molecule has 0 aliphatic heterocycles. The summed E-state index contributed by atoms with van der Waals surface area (Å²) in [6.45, 7) is 5.39. The number of aromatic nitrogens is 1. The van der Waals surface area contributed by atoms with Gasteiger partial charge in [0.25, 0.3) is 0 Å². The Morgan fingerprint density at radius 3 is 2.35 bits per heavy atom. The number of carbonyl (C=O) groups excluding carboxylic acids is 2. The number of esters is 1. The summed E-state index contributed by atoms with van der Waals surface area (Å²) in [4.78, 5) is 26.0. The number of ketones is 1. The van der Waals surface area contributed by atoms with E-state index in [4.69, 9.17) is 4.74 Å². The van der Waals surface area contributed by atoms with Crippen molar-refractivity contribution in [1.82, 2.24) is 4.98 Å². The lowest BCUT2D eigenvalue weighted by atomic mass is 10.2. The van der Waals surface area contributed by atoms with Gasteiger partial charge in [-0.3, -0.25) is 9.78 Å². The molecule has 0 unspecified atom stereocenters. The molecule has 2 aromatic rings. The zero-order valence-electron chi connectivity index (χ0n) is 13.6. The van der Waals surface area contributed by atoms with Crippen molar-refractivity contribution in [3.63, 3.8) is 0 Å². The molecule has 0 N–H and O–H groups in total. The molecule has 2 rings (SSSR count). The number of hydrogen-bond donors (Lipinski definition) is 0. The van der Waals surface area contributed by atoms with Gasteiger partial charge in [-0.05, 0) is 37.6 Å². The van der Waals surface area contributed by atoms with Crippen LogP contribution in [-0.4, -0.2) is 30.0 Å². The average Bonchev–Trinajstić information content (AvgIpc) is 2.56. The summed E-state index contributed by atoms with van der Waals surface area (Å²) < 4.78 is 9.50. The number of carbonyl (C=O) groups is 2. The molecule has 0 aliphatic carbocycles. The number of nitrogens with zero attached hydrogens (tertiary/aromatic N) is 1. The van der Waals surface area contributed by atoms with E-state index in [1.165, 1.54) is 17.7 Å². The smallest absolute Gasteiger partial charge is 0.344 e. The topological polar surface area (TPSA) is 65.5 Å². The van der Waals surface area contributed by atoms with E-state index in [-0.39, 0.29) is 18.0 Å². The summed E-state index contributed by atoms with van der Waals surface area (Å²) >= 11 is 0. The van der Waals surface area contributed by atoms with Crippen LogP contribution in [0.1, 0.15) is 20.8 Å². The summed E-state index contributed by atoms with van der Waals surface area (Å²) in [7, 11) is 0. The molecule has 122 valence electrons. The Bertz CT molecular complexity index is 614. The largest absolute Gasteiger partial charge is 0.500 e. The Kier molecular flexibility index (Phi) is 8.07.